The molecule has 0 saturated heterocycles. The highest BCUT2D eigenvalue weighted by Crippen LogP contribution is 2.15. The van der Waals surface area contributed by atoms with Gasteiger partial charge in [0.15, 0.2) is 11.6 Å². The first-order chi connectivity index (χ1) is 11.7. The summed E-state index contributed by atoms with van der Waals surface area (Å²) < 4.78 is 6.66. The Morgan fingerprint density at radius 1 is 1.00 bits per heavy atom. The molecule has 1 aromatic heterocycles. The first-order valence-corrected chi connectivity index (χ1v) is 7.47. The summed E-state index contributed by atoms with van der Waals surface area (Å²) in [6, 6.07) is 15.8. The van der Waals surface area contributed by atoms with Crippen LogP contribution in [-0.4, -0.2) is 28.2 Å². The van der Waals surface area contributed by atoms with E-state index in [2.05, 4.69) is 4.98 Å². The summed E-state index contributed by atoms with van der Waals surface area (Å²) in [5.41, 5.74) is 1.10. The summed E-state index contributed by atoms with van der Waals surface area (Å²) in [5, 5.41) is 0. The Balaban J connectivity index is 1.81. The molecule has 0 aliphatic carbocycles. The lowest BCUT2D eigenvalue weighted by Crippen LogP contribution is -2.16. The predicted molar refractivity (Wildman–Crippen MR) is 89.4 cm³/mol. The first kappa shape index (κ1) is 15.7. The van der Waals surface area contributed by atoms with E-state index >= 15 is 0 Å². The average Bonchev–Trinajstić information content (AvgIpc) is 3.10. The largest absolute Gasteiger partial charge is 0.497 e. The summed E-state index contributed by atoms with van der Waals surface area (Å²) in [6.45, 7) is 0.0707. The van der Waals surface area contributed by atoms with Crippen molar-refractivity contribution in [2.45, 2.75) is 6.54 Å². The van der Waals surface area contributed by atoms with Crippen LogP contribution in [0.5, 0.6) is 5.75 Å². The van der Waals surface area contributed by atoms with E-state index in [1.54, 1.807) is 54.3 Å². The third-order valence-electron chi connectivity index (χ3n) is 3.68. The second-order valence-corrected chi connectivity index (χ2v) is 5.23. The Hall–Kier alpha value is -3.21. The summed E-state index contributed by atoms with van der Waals surface area (Å²) in [5.74, 6) is 0.611. The van der Waals surface area contributed by atoms with Gasteiger partial charge in [-0.3, -0.25) is 9.59 Å². The van der Waals surface area contributed by atoms with Crippen LogP contribution >= 0.6 is 0 Å². The van der Waals surface area contributed by atoms with Gasteiger partial charge in [-0.2, -0.15) is 0 Å². The van der Waals surface area contributed by atoms with Crippen LogP contribution in [0, 0.1) is 0 Å². The van der Waals surface area contributed by atoms with E-state index in [4.69, 9.17) is 4.74 Å². The number of carbonyl (C=O) groups excluding carboxylic acids is 2. The molecule has 0 N–H and O–H groups in total. The maximum atomic E-state index is 12.6. The minimum Gasteiger partial charge on any atom is -0.497 e. The van der Waals surface area contributed by atoms with Crippen molar-refractivity contribution in [1.29, 1.82) is 0 Å². The molecule has 0 fully saturated rings. The highest BCUT2D eigenvalue weighted by atomic mass is 16.5. The minimum absolute atomic E-state index is 0.0707. The fourth-order valence-corrected chi connectivity index (χ4v) is 2.39. The fourth-order valence-electron chi connectivity index (χ4n) is 2.39. The molecule has 1 heterocycles. The van der Waals surface area contributed by atoms with Crippen molar-refractivity contribution in [3.63, 3.8) is 0 Å². The number of nitrogens with zero attached hydrogens (tertiary/aromatic N) is 2. The quantitative estimate of drug-likeness (QED) is 0.655. The molecule has 0 spiro atoms. The van der Waals surface area contributed by atoms with Gasteiger partial charge in [-0.15, -0.1) is 0 Å². The molecule has 0 aliphatic rings. The van der Waals surface area contributed by atoms with Crippen LogP contribution in [0.2, 0.25) is 0 Å². The molecule has 0 aliphatic heterocycles. The summed E-state index contributed by atoms with van der Waals surface area (Å²) >= 11 is 0. The van der Waals surface area contributed by atoms with Gasteiger partial charge in [0.2, 0.25) is 5.78 Å². The number of hydrogen-bond acceptors (Lipinski definition) is 4. The SMILES string of the molecule is COc1ccc(C(=O)c2nccn2CC(=O)c2ccccc2)cc1. The highest BCUT2D eigenvalue weighted by Gasteiger charge is 2.17. The van der Waals surface area contributed by atoms with Gasteiger partial charge in [-0.25, -0.2) is 4.98 Å². The second kappa shape index (κ2) is 6.91. The summed E-state index contributed by atoms with van der Waals surface area (Å²) in [7, 11) is 1.57. The highest BCUT2D eigenvalue weighted by molar-refractivity contribution is 6.07. The zero-order valence-electron chi connectivity index (χ0n) is 13.2. The van der Waals surface area contributed by atoms with Crippen LogP contribution in [0.25, 0.3) is 0 Å². The van der Waals surface area contributed by atoms with E-state index in [0.29, 0.717) is 16.9 Å². The Morgan fingerprint density at radius 3 is 2.38 bits per heavy atom. The maximum absolute atomic E-state index is 12.6. The summed E-state index contributed by atoms with van der Waals surface area (Å²) in [4.78, 5) is 29.1. The van der Waals surface area contributed by atoms with Crippen molar-refractivity contribution in [3.8, 4) is 5.75 Å². The number of Topliss-reactive ketones (excluding diaryl/α,β-unsaturated/α-hetero) is 1. The Morgan fingerprint density at radius 2 is 1.71 bits per heavy atom. The lowest BCUT2D eigenvalue weighted by atomic mass is 10.1. The zero-order valence-corrected chi connectivity index (χ0v) is 13.2. The number of ketones is 2. The second-order valence-electron chi connectivity index (χ2n) is 5.23. The van der Waals surface area contributed by atoms with Gasteiger partial charge in [0.05, 0.1) is 13.7 Å². The Bertz CT molecular complexity index is 852. The van der Waals surface area contributed by atoms with Gasteiger partial charge in [0.1, 0.15) is 5.75 Å². The molecule has 0 radical (unpaired) electrons. The van der Waals surface area contributed by atoms with E-state index in [0.717, 1.165) is 0 Å². The van der Waals surface area contributed by atoms with Crippen molar-refractivity contribution in [2.24, 2.45) is 0 Å². The average molecular weight is 320 g/mol. The molecular weight excluding hydrogens is 304 g/mol. The third-order valence-corrected chi connectivity index (χ3v) is 3.68. The number of carbonyl (C=O) groups is 2. The topological polar surface area (TPSA) is 61.2 Å². The molecule has 5 heteroatoms. The number of methoxy groups -OCH3 is 1. The lowest BCUT2D eigenvalue weighted by molar-refractivity contribution is 0.0967. The molecule has 3 aromatic rings. The molecule has 3 rings (SSSR count). The molecule has 0 amide bonds. The molecule has 0 bridgehead atoms. The number of ether oxygens (including phenoxy) is 1. The van der Waals surface area contributed by atoms with E-state index in [9.17, 15) is 9.59 Å². The van der Waals surface area contributed by atoms with Crippen LogP contribution in [0.3, 0.4) is 0 Å². The Kier molecular flexibility index (Phi) is 4.52. The van der Waals surface area contributed by atoms with Crippen molar-refractivity contribution in [3.05, 3.63) is 83.9 Å². The number of rotatable bonds is 6. The van der Waals surface area contributed by atoms with E-state index in [-0.39, 0.29) is 23.9 Å². The van der Waals surface area contributed by atoms with Gasteiger partial charge in [-0.1, -0.05) is 30.3 Å². The maximum Gasteiger partial charge on any atom is 0.228 e. The number of imidazole rings is 1. The van der Waals surface area contributed by atoms with Crippen molar-refractivity contribution in [2.75, 3.05) is 7.11 Å². The number of aromatic nitrogens is 2. The minimum atomic E-state index is -0.233. The predicted octanol–water partition coefficient (Wildman–Crippen LogP) is 3.01. The number of hydrogen-bond donors (Lipinski definition) is 0. The van der Waals surface area contributed by atoms with Crippen LogP contribution in [-0.2, 0) is 6.54 Å². The van der Waals surface area contributed by atoms with Crippen LogP contribution in [0.4, 0.5) is 0 Å². The third kappa shape index (κ3) is 3.25. The molecular formula is C19H16N2O3. The molecule has 0 saturated carbocycles. The lowest BCUT2D eigenvalue weighted by Gasteiger charge is -2.07. The van der Waals surface area contributed by atoms with Crippen molar-refractivity contribution >= 4 is 11.6 Å². The standard InChI is InChI=1S/C19H16N2O3/c1-24-16-9-7-15(8-10-16)18(23)19-20-11-12-21(19)13-17(22)14-5-3-2-4-6-14/h2-12H,13H2,1H3. The molecule has 0 atom stereocenters. The van der Waals surface area contributed by atoms with Gasteiger partial charge in [0, 0.05) is 23.5 Å². The van der Waals surface area contributed by atoms with Crippen molar-refractivity contribution in [1.82, 2.24) is 9.55 Å². The molecule has 2 aromatic carbocycles. The molecule has 120 valence electrons. The normalized spacial score (nSPS) is 10.4. The van der Waals surface area contributed by atoms with Gasteiger partial charge in [0.25, 0.3) is 0 Å². The molecule has 0 unspecified atom stereocenters. The van der Waals surface area contributed by atoms with Gasteiger partial charge in [-0.05, 0) is 24.3 Å². The van der Waals surface area contributed by atoms with Crippen LogP contribution < -0.4 is 4.74 Å². The van der Waals surface area contributed by atoms with Gasteiger partial charge < -0.3 is 9.30 Å². The van der Waals surface area contributed by atoms with Crippen molar-refractivity contribution < 1.29 is 14.3 Å². The van der Waals surface area contributed by atoms with E-state index in [1.165, 1.54) is 6.20 Å². The van der Waals surface area contributed by atoms with E-state index < -0.39 is 0 Å². The first-order valence-electron chi connectivity index (χ1n) is 7.47. The smallest absolute Gasteiger partial charge is 0.228 e. The summed E-state index contributed by atoms with van der Waals surface area (Å²) in [6.07, 6.45) is 3.16. The van der Waals surface area contributed by atoms with Crippen LogP contribution in [0.1, 0.15) is 26.5 Å². The molecule has 24 heavy (non-hydrogen) atoms. The van der Waals surface area contributed by atoms with Gasteiger partial charge >= 0.3 is 0 Å². The Labute approximate surface area is 139 Å². The molecule has 5 nitrogen and oxygen atoms in total. The zero-order chi connectivity index (χ0) is 16.9. The monoisotopic (exact) mass is 320 g/mol. The van der Waals surface area contributed by atoms with Crippen LogP contribution in [0.15, 0.2) is 67.0 Å². The van der Waals surface area contributed by atoms with E-state index in [1.807, 2.05) is 18.2 Å². The fraction of sp³-hybridized carbons (Fsp3) is 0.105. The number of benzene rings is 2.